The molecule has 1 atom stereocenters. The summed E-state index contributed by atoms with van der Waals surface area (Å²) in [7, 11) is 0. The molecule has 0 bridgehead atoms. The summed E-state index contributed by atoms with van der Waals surface area (Å²) < 4.78 is 13.1. The number of rotatable bonds is 5. The average Bonchev–Trinajstić information content (AvgIpc) is 2.97. The standard InChI is InChI=1S/C22H17FN2O3/c23-16-9-7-15(8-10-16)20(26)19-14(4-3-12-24-19)11-13-25-21(27)17-5-1-2-6-18(17)22(25)28/h1-10,12,20,26H,11,13H2. The van der Waals surface area contributed by atoms with Crippen molar-refractivity contribution in [3.05, 3.63) is 101 Å². The third kappa shape index (κ3) is 3.18. The molecule has 3 aromatic rings. The predicted molar refractivity (Wildman–Crippen MR) is 100 cm³/mol. The second-order valence-corrected chi connectivity index (χ2v) is 6.56. The number of carbonyl (C=O) groups excluding carboxylic acids is 2. The van der Waals surface area contributed by atoms with Crippen molar-refractivity contribution >= 4 is 11.8 Å². The van der Waals surface area contributed by atoms with Crippen LogP contribution in [-0.2, 0) is 6.42 Å². The molecule has 4 rings (SSSR count). The number of aromatic nitrogens is 1. The molecule has 0 spiro atoms. The summed E-state index contributed by atoms with van der Waals surface area (Å²) in [5.74, 6) is -1.02. The van der Waals surface area contributed by atoms with Crippen molar-refractivity contribution in [1.82, 2.24) is 9.88 Å². The zero-order chi connectivity index (χ0) is 19.7. The number of hydrogen-bond acceptors (Lipinski definition) is 4. The summed E-state index contributed by atoms with van der Waals surface area (Å²) in [6, 6.07) is 15.8. The van der Waals surface area contributed by atoms with Crippen LogP contribution in [0.3, 0.4) is 0 Å². The van der Waals surface area contributed by atoms with Crippen molar-refractivity contribution in [3.8, 4) is 0 Å². The van der Waals surface area contributed by atoms with Gasteiger partial charge in [0, 0.05) is 12.7 Å². The van der Waals surface area contributed by atoms with Gasteiger partial charge in [0.05, 0.1) is 16.8 Å². The molecule has 2 amide bonds. The Kier molecular flexibility index (Phi) is 4.71. The van der Waals surface area contributed by atoms with Crippen LogP contribution in [0, 0.1) is 5.82 Å². The summed E-state index contributed by atoms with van der Waals surface area (Å²) in [5, 5.41) is 10.7. The maximum Gasteiger partial charge on any atom is 0.261 e. The molecule has 0 aliphatic carbocycles. The van der Waals surface area contributed by atoms with Crippen LogP contribution in [0.2, 0.25) is 0 Å². The van der Waals surface area contributed by atoms with E-state index < -0.39 is 6.10 Å². The van der Waals surface area contributed by atoms with Gasteiger partial charge in [0.25, 0.3) is 11.8 Å². The molecule has 1 aromatic heterocycles. The smallest absolute Gasteiger partial charge is 0.261 e. The van der Waals surface area contributed by atoms with E-state index in [1.807, 2.05) is 0 Å². The Morgan fingerprint density at radius 3 is 2.21 bits per heavy atom. The molecule has 2 aromatic carbocycles. The minimum absolute atomic E-state index is 0.182. The molecular weight excluding hydrogens is 359 g/mol. The molecule has 0 saturated heterocycles. The maximum atomic E-state index is 13.1. The summed E-state index contributed by atoms with van der Waals surface area (Å²) >= 11 is 0. The van der Waals surface area contributed by atoms with Crippen molar-refractivity contribution in [1.29, 1.82) is 0 Å². The zero-order valence-corrected chi connectivity index (χ0v) is 14.9. The van der Waals surface area contributed by atoms with Gasteiger partial charge in [0.1, 0.15) is 11.9 Å². The largest absolute Gasteiger partial charge is 0.382 e. The maximum absolute atomic E-state index is 13.1. The van der Waals surface area contributed by atoms with Crippen molar-refractivity contribution in [2.24, 2.45) is 0 Å². The fraction of sp³-hybridized carbons (Fsp3) is 0.136. The van der Waals surface area contributed by atoms with Crippen LogP contribution in [0.4, 0.5) is 4.39 Å². The fourth-order valence-corrected chi connectivity index (χ4v) is 3.39. The number of imide groups is 1. The van der Waals surface area contributed by atoms with E-state index >= 15 is 0 Å². The average molecular weight is 376 g/mol. The summed E-state index contributed by atoms with van der Waals surface area (Å²) in [6.45, 7) is 0.182. The van der Waals surface area contributed by atoms with Gasteiger partial charge in [0.15, 0.2) is 0 Å². The summed E-state index contributed by atoms with van der Waals surface area (Å²) in [5.41, 5.74) is 2.47. The first-order chi connectivity index (χ1) is 13.6. The molecule has 5 nitrogen and oxygen atoms in total. The van der Waals surface area contributed by atoms with E-state index in [2.05, 4.69) is 4.98 Å². The first kappa shape index (κ1) is 18.0. The highest BCUT2D eigenvalue weighted by molar-refractivity contribution is 6.21. The predicted octanol–water partition coefficient (Wildman–Crippen LogP) is 3.14. The lowest BCUT2D eigenvalue weighted by Gasteiger charge is -2.17. The Hall–Kier alpha value is -3.38. The lowest BCUT2D eigenvalue weighted by atomic mass is 10.00. The van der Waals surface area contributed by atoms with Gasteiger partial charge in [-0.1, -0.05) is 30.3 Å². The van der Waals surface area contributed by atoms with E-state index in [4.69, 9.17) is 0 Å². The van der Waals surface area contributed by atoms with Gasteiger partial charge in [0.2, 0.25) is 0 Å². The van der Waals surface area contributed by atoms with E-state index in [-0.39, 0.29) is 24.2 Å². The lowest BCUT2D eigenvalue weighted by Crippen LogP contribution is -2.32. The van der Waals surface area contributed by atoms with Gasteiger partial charge in [-0.25, -0.2) is 4.39 Å². The van der Waals surface area contributed by atoms with Crippen molar-refractivity contribution < 1.29 is 19.1 Å². The number of halogens is 1. The van der Waals surface area contributed by atoms with Crippen LogP contribution in [0.5, 0.6) is 0 Å². The second-order valence-electron chi connectivity index (χ2n) is 6.56. The molecule has 1 aliphatic rings. The number of pyridine rings is 1. The Morgan fingerprint density at radius 2 is 1.57 bits per heavy atom. The lowest BCUT2D eigenvalue weighted by molar-refractivity contribution is 0.0656. The first-order valence-corrected chi connectivity index (χ1v) is 8.89. The normalized spacial score (nSPS) is 14.3. The van der Waals surface area contributed by atoms with Crippen molar-refractivity contribution in [3.63, 3.8) is 0 Å². The minimum Gasteiger partial charge on any atom is -0.382 e. The van der Waals surface area contributed by atoms with E-state index in [0.717, 1.165) is 5.56 Å². The number of amides is 2. The van der Waals surface area contributed by atoms with E-state index in [0.29, 0.717) is 28.8 Å². The molecule has 0 fully saturated rings. The highest BCUT2D eigenvalue weighted by Crippen LogP contribution is 2.26. The number of aliphatic hydroxyl groups excluding tert-OH is 1. The van der Waals surface area contributed by atoms with Gasteiger partial charge in [-0.15, -0.1) is 0 Å². The van der Waals surface area contributed by atoms with Crippen LogP contribution in [-0.4, -0.2) is 33.3 Å². The van der Waals surface area contributed by atoms with E-state index in [9.17, 15) is 19.1 Å². The van der Waals surface area contributed by atoms with Gasteiger partial charge in [-0.05, 0) is 47.9 Å². The third-order valence-electron chi connectivity index (χ3n) is 4.85. The van der Waals surface area contributed by atoms with Crippen LogP contribution < -0.4 is 0 Å². The molecule has 2 heterocycles. The minimum atomic E-state index is -1.03. The van der Waals surface area contributed by atoms with Crippen LogP contribution in [0.15, 0.2) is 66.9 Å². The number of carbonyl (C=O) groups is 2. The fourth-order valence-electron chi connectivity index (χ4n) is 3.39. The molecule has 0 radical (unpaired) electrons. The molecule has 140 valence electrons. The Bertz CT molecular complexity index is 1010. The van der Waals surface area contributed by atoms with Gasteiger partial charge < -0.3 is 5.11 Å². The van der Waals surface area contributed by atoms with Gasteiger partial charge in [-0.2, -0.15) is 0 Å². The molecule has 28 heavy (non-hydrogen) atoms. The van der Waals surface area contributed by atoms with Crippen molar-refractivity contribution in [2.75, 3.05) is 6.54 Å². The quantitative estimate of drug-likeness (QED) is 0.695. The number of aliphatic hydroxyl groups is 1. The molecule has 6 heteroatoms. The second kappa shape index (κ2) is 7.32. The van der Waals surface area contributed by atoms with Crippen LogP contribution in [0.25, 0.3) is 0 Å². The molecule has 1 aliphatic heterocycles. The summed E-state index contributed by atoms with van der Waals surface area (Å²) in [4.78, 5) is 30.5. The Labute approximate surface area is 161 Å². The third-order valence-corrected chi connectivity index (χ3v) is 4.85. The number of hydrogen-bond donors (Lipinski definition) is 1. The number of benzene rings is 2. The van der Waals surface area contributed by atoms with E-state index in [1.165, 1.54) is 29.2 Å². The Balaban J connectivity index is 1.55. The van der Waals surface area contributed by atoms with E-state index in [1.54, 1.807) is 42.6 Å². The van der Waals surface area contributed by atoms with Gasteiger partial charge in [-0.3, -0.25) is 19.5 Å². The molecule has 0 saturated carbocycles. The first-order valence-electron chi connectivity index (χ1n) is 8.89. The number of fused-ring (bicyclic) bond motifs is 1. The van der Waals surface area contributed by atoms with Crippen LogP contribution in [0.1, 0.15) is 43.6 Å². The monoisotopic (exact) mass is 376 g/mol. The molecule has 1 unspecified atom stereocenters. The molecular formula is C22H17FN2O3. The molecule has 1 N–H and O–H groups in total. The highest BCUT2D eigenvalue weighted by atomic mass is 19.1. The van der Waals surface area contributed by atoms with Crippen LogP contribution >= 0.6 is 0 Å². The van der Waals surface area contributed by atoms with Gasteiger partial charge >= 0.3 is 0 Å². The van der Waals surface area contributed by atoms with Crippen molar-refractivity contribution in [2.45, 2.75) is 12.5 Å². The zero-order valence-electron chi connectivity index (χ0n) is 14.9. The Morgan fingerprint density at radius 1 is 0.929 bits per heavy atom. The highest BCUT2D eigenvalue weighted by Gasteiger charge is 2.34. The number of nitrogens with zero attached hydrogens (tertiary/aromatic N) is 2. The summed E-state index contributed by atoms with van der Waals surface area (Å²) in [6.07, 6.45) is 0.888. The SMILES string of the molecule is O=C1c2ccccc2C(=O)N1CCc1cccnc1C(O)c1ccc(F)cc1. The topological polar surface area (TPSA) is 70.5 Å².